The fourth-order valence-electron chi connectivity index (χ4n) is 5.29. The van der Waals surface area contributed by atoms with Gasteiger partial charge in [-0.3, -0.25) is 14.2 Å². The van der Waals surface area contributed by atoms with E-state index in [0.717, 1.165) is 35.2 Å². The number of hydrogen-bond acceptors (Lipinski definition) is 6. The largest absolute Gasteiger partial charge is 0.490 e. The molecule has 196 valence electrons. The Morgan fingerprint density at radius 3 is 2.67 bits per heavy atom. The van der Waals surface area contributed by atoms with Crippen molar-refractivity contribution in [1.82, 2.24) is 4.57 Å². The van der Waals surface area contributed by atoms with Gasteiger partial charge in [-0.15, -0.1) is 0 Å². The molecule has 0 bridgehead atoms. The van der Waals surface area contributed by atoms with Crippen LogP contribution in [0.25, 0.3) is 11.8 Å². The van der Waals surface area contributed by atoms with Crippen molar-refractivity contribution >= 4 is 45.0 Å². The van der Waals surface area contributed by atoms with Crippen molar-refractivity contribution in [2.24, 2.45) is 4.99 Å². The first-order chi connectivity index (χ1) is 18.9. The molecule has 0 fully saturated rings. The van der Waals surface area contributed by atoms with E-state index in [9.17, 15) is 9.59 Å². The van der Waals surface area contributed by atoms with E-state index in [1.54, 1.807) is 6.07 Å². The summed E-state index contributed by atoms with van der Waals surface area (Å²) in [5.41, 5.74) is 6.31. The third kappa shape index (κ3) is 4.68. The number of aromatic nitrogens is 1. The topological polar surface area (TPSA) is 69.9 Å². The number of allylic oxidation sites excluding steroid dienone is 1. The molecule has 8 heteroatoms. The Morgan fingerprint density at radius 1 is 1.13 bits per heavy atom. The van der Waals surface area contributed by atoms with Gasteiger partial charge in [-0.2, -0.15) is 0 Å². The second-order valence-electron chi connectivity index (χ2n) is 9.38. The maximum Gasteiger partial charge on any atom is 0.308 e. The molecule has 0 radical (unpaired) electrons. The van der Waals surface area contributed by atoms with E-state index in [1.165, 1.54) is 29.4 Å². The van der Waals surface area contributed by atoms with Crippen LogP contribution in [0.4, 0.5) is 0 Å². The third-order valence-electron chi connectivity index (χ3n) is 6.86. The predicted octanol–water partition coefficient (Wildman–Crippen LogP) is 5.41. The lowest BCUT2D eigenvalue weighted by atomic mass is 9.83. The van der Waals surface area contributed by atoms with Crippen LogP contribution in [-0.4, -0.2) is 17.1 Å². The van der Waals surface area contributed by atoms with E-state index in [0.29, 0.717) is 31.9 Å². The number of halogens is 1. The normalized spacial score (nSPS) is 16.2. The summed E-state index contributed by atoms with van der Waals surface area (Å²) >= 11 is 4.88. The van der Waals surface area contributed by atoms with Gasteiger partial charge in [-0.25, -0.2) is 4.99 Å². The second-order valence-corrected chi connectivity index (χ2v) is 11.2. The minimum atomic E-state index is -0.441. The summed E-state index contributed by atoms with van der Waals surface area (Å²) in [5.74, 6) is 0.304. The molecule has 6 rings (SSSR count). The number of fused-ring (bicyclic) bond motifs is 3. The maximum atomic E-state index is 14.0. The van der Waals surface area contributed by atoms with Crippen molar-refractivity contribution < 1.29 is 14.3 Å². The van der Waals surface area contributed by atoms with E-state index in [4.69, 9.17) is 14.5 Å². The Balaban J connectivity index is 1.55. The van der Waals surface area contributed by atoms with Crippen LogP contribution in [0.2, 0.25) is 0 Å². The Morgan fingerprint density at radius 2 is 1.90 bits per heavy atom. The molecule has 4 aromatic rings. The highest BCUT2D eigenvalue weighted by atomic mass is 79.9. The number of rotatable bonds is 5. The molecule has 1 aliphatic carbocycles. The first-order valence-electron chi connectivity index (χ1n) is 12.8. The summed E-state index contributed by atoms with van der Waals surface area (Å²) in [6.07, 6.45) is 3.61. The molecule has 0 unspecified atom stereocenters. The monoisotopic (exact) mass is 600 g/mol. The van der Waals surface area contributed by atoms with E-state index >= 15 is 0 Å². The SMILES string of the molecule is CCOc1cc(/C=c2\sc3n(c2=O)[C@H](c2ccccc2)C2=C(N=3)c3ccccc3CC2)cc(Br)c1OC(C)=O. The van der Waals surface area contributed by atoms with Gasteiger partial charge < -0.3 is 9.47 Å². The van der Waals surface area contributed by atoms with Crippen molar-refractivity contribution in [3.05, 3.63) is 119 Å². The van der Waals surface area contributed by atoms with Gasteiger partial charge in [0, 0.05) is 12.5 Å². The number of hydrogen-bond donors (Lipinski definition) is 0. The Bertz CT molecular complexity index is 1820. The number of ether oxygens (including phenoxy) is 2. The molecule has 1 aliphatic heterocycles. The minimum Gasteiger partial charge on any atom is -0.490 e. The molecule has 0 N–H and O–H groups in total. The van der Waals surface area contributed by atoms with Crippen molar-refractivity contribution in [3.8, 4) is 11.5 Å². The zero-order chi connectivity index (χ0) is 27.1. The predicted molar refractivity (Wildman–Crippen MR) is 156 cm³/mol. The summed E-state index contributed by atoms with van der Waals surface area (Å²) in [6, 6.07) is 22.0. The molecule has 39 heavy (non-hydrogen) atoms. The van der Waals surface area contributed by atoms with Gasteiger partial charge in [0.1, 0.15) is 0 Å². The number of nitrogens with zero attached hydrogens (tertiary/aromatic N) is 2. The lowest BCUT2D eigenvalue weighted by Gasteiger charge is -2.30. The van der Waals surface area contributed by atoms with Gasteiger partial charge >= 0.3 is 5.97 Å². The van der Waals surface area contributed by atoms with E-state index in [2.05, 4.69) is 46.3 Å². The van der Waals surface area contributed by atoms with Crippen molar-refractivity contribution in [3.63, 3.8) is 0 Å². The third-order valence-corrected chi connectivity index (χ3v) is 8.44. The molecule has 0 spiro atoms. The van der Waals surface area contributed by atoms with Crippen LogP contribution in [0.1, 0.15) is 48.6 Å². The molecule has 3 aromatic carbocycles. The minimum absolute atomic E-state index is 0.0869. The van der Waals surface area contributed by atoms with Crippen molar-refractivity contribution in [1.29, 1.82) is 0 Å². The summed E-state index contributed by atoms with van der Waals surface area (Å²) in [7, 11) is 0. The molecule has 0 saturated heterocycles. The van der Waals surface area contributed by atoms with Crippen molar-refractivity contribution in [2.45, 2.75) is 32.7 Å². The molecule has 1 aromatic heterocycles. The number of aryl methyl sites for hydroxylation is 1. The van der Waals surface area contributed by atoms with Crippen LogP contribution in [-0.2, 0) is 11.2 Å². The quantitative estimate of drug-likeness (QED) is 0.227. The maximum absolute atomic E-state index is 14.0. The highest BCUT2D eigenvalue weighted by Gasteiger charge is 2.32. The van der Waals surface area contributed by atoms with Gasteiger partial charge in [0.05, 0.1) is 27.4 Å². The Hall–Kier alpha value is -3.75. The standard InChI is InChI=1S/C31H25BrN2O4S/c1-3-37-25-16-19(15-24(32)29(25)38-18(2)35)17-26-30(36)34-28(21-10-5-4-6-11-21)23-14-13-20-9-7-8-12-22(20)27(23)33-31(34)39-26/h4-12,15-17,28H,3,13-14H2,1-2H3/b26-17-/t28-/m1/s1. The summed E-state index contributed by atoms with van der Waals surface area (Å²) in [5, 5.41) is 0. The van der Waals surface area contributed by atoms with Gasteiger partial charge in [0.15, 0.2) is 16.3 Å². The molecule has 0 saturated carbocycles. The fourth-order valence-corrected chi connectivity index (χ4v) is 6.83. The van der Waals surface area contributed by atoms with Crippen molar-refractivity contribution in [2.75, 3.05) is 6.61 Å². The number of carbonyl (C=O) groups excluding carboxylic acids is 1. The second kappa shape index (κ2) is 10.4. The first-order valence-corrected chi connectivity index (χ1v) is 14.4. The average Bonchev–Trinajstić information content (AvgIpc) is 3.24. The van der Waals surface area contributed by atoms with Crippen LogP contribution in [0.3, 0.4) is 0 Å². The molecule has 0 amide bonds. The van der Waals surface area contributed by atoms with Crippen LogP contribution < -0.4 is 24.4 Å². The molecule has 1 atom stereocenters. The molecular formula is C31H25BrN2O4S. The summed E-state index contributed by atoms with van der Waals surface area (Å²) in [6.45, 7) is 3.61. The lowest BCUT2D eigenvalue weighted by molar-refractivity contribution is -0.132. The molecule has 2 heterocycles. The lowest BCUT2D eigenvalue weighted by Crippen LogP contribution is -2.38. The number of benzene rings is 3. The molecule has 2 aliphatic rings. The fraction of sp³-hybridized carbons (Fsp3) is 0.194. The van der Waals surface area contributed by atoms with Gasteiger partial charge in [-0.1, -0.05) is 65.9 Å². The Kier molecular flexibility index (Phi) is 6.83. The summed E-state index contributed by atoms with van der Waals surface area (Å²) < 4.78 is 14.1. The zero-order valence-corrected chi connectivity index (χ0v) is 23.8. The number of esters is 1. The van der Waals surface area contributed by atoms with Crippen LogP contribution in [0.15, 0.2) is 86.6 Å². The zero-order valence-electron chi connectivity index (χ0n) is 21.4. The molecular weight excluding hydrogens is 576 g/mol. The van der Waals surface area contributed by atoms with E-state index < -0.39 is 5.97 Å². The number of carbonyl (C=O) groups is 1. The van der Waals surface area contributed by atoms with Gasteiger partial charge in [0.25, 0.3) is 5.56 Å². The highest BCUT2D eigenvalue weighted by Crippen LogP contribution is 2.41. The van der Waals surface area contributed by atoms with E-state index in [-0.39, 0.29) is 11.6 Å². The molecule has 6 nitrogen and oxygen atoms in total. The smallest absolute Gasteiger partial charge is 0.308 e. The number of thiazole rings is 1. The van der Waals surface area contributed by atoms with Crippen LogP contribution in [0, 0.1) is 0 Å². The van der Waals surface area contributed by atoms with E-state index in [1.807, 2.05) is 47.9 Å². The summed E-state index contributed by atoms with van der Waals surface area (Å²) in [4.78, 5) is 31.3. The van der Waals surface area contributed by atoms with Crippen LogP contribution in [0.5, 0.6) is 11.5 Å². The average molecular weight is 602 g/mol. The first kappa shape index (κ1) is 25.5. The Labute approximate surface area is 237 Å². The van der Waals surface area contributed by atoms with Gasteiger partial charge in [-0.05, 0) is 76.2 Å². The van der Waals surface area contributed by atoms with Gasteiger partial charge in [0.2, 0.25) is 0 Å². The highest BCUT2D eigenvalue weighted by molar-refractivity contribution is 9.10. The van der Waals surface area contributed by atoms with Crippen LogP contribution >= 0.6 is 27.3 Å².